The molecular weight excluding hydrogens is 364 g/mol. The Morgan fingerprint density at radius 1 is 0.917 bits per heavy atom. The van der Waals surface area contributed by atoms with Gasteiger partial charge in [-0.05, 0) is 60.0 Å². The van der Waals surface area contributed by atoms with Crippen LogP contribution in [0, 0.1) is 0 Å². The van der Waals surface area contributed by atoms with E-state index in [0.29, 0.717) is 5.56 Å². The minimum Gasteiger partial charge on any atom is -0.346 e. The number of nitrogens with zero attached hydrogens (tertiary/aromatic N) is 1. The molecule has 1 atom stereocenters. The second-order valence-electron chi connectivity index (χ2n) is 5.56. The number of aromatic nitrogens is 1. The number of nitrogens with one attached hydrogen (secondary N) is 1. The molecule has 1 amide bonds. The molecule has 1 heterocycles. The van der Waals surface area contributed by atoms with E-state index in [-0.39, 0.29) is 11.9 Å². The van der Waals surface area contributed by atoms with Crippen LogP contribution in [0.1, 0.15) is 28.9 Å². The van der Waals surface area contributed by atoms with Crippen molar-refractivity contribution in [2.45, 2.75) is 13.0 Å². The highest BCUT2D eigenvalue weighted by Gasteiger charge is 2.11. The minimum atomic E-state index is -0.0771. The molecule has 3 rings (SSSR count). The second-order valence-corrected chi connectivity index (χ2v) is 6.48. The molecule has 1 unspecified atom stereocenters. The first-order chi connectivity index (χ1) is 11.6. The first kappa shape index (κ1) is 16.4. The van der Waals surface area contributed by atoms with Crippen molar-refractivity contribution >= 4 is 21.8 Å². The Morgan fingerprint density at radius 2 is 1.50 bits per heavy atom. The summed E-state index contributed by atoms with van der Waals surface area (Å²) in [5.74, 6) is -0.0771. The predicted octanol–water partition coefficient (Wildman–Crippen LogP) is 5.00. The Morgan fingerprint density at radius 3 is 2.12 bits per heavy atom. The van der Waals surface area contributed by atoms with Crippen LogP contribution in [0.2, 0.25) is 0 Å². The first-order valence-corrected chi connectivity index (χ1v) is 8.49. The van der Waals surface area contributed by atoms with E-state index in [1.54, 1.807) is 12.4 Å². The number of carbonyl (C=O) groups is 1. The maximum absolute atomic E-state index is 12.4. The van der Waals surface area contributed by atoms with Crippen LogP contribution < -0.4 is 5.32 Å². The van der Waals surface area contributed by atoms with Gasteiger partial charge in [0, 0.05) is 22.4 Å². The number of pyridine rings is 1. The molecule has 4 heteroatoms. The Bertz CT molecular complexity index is 815. The molecule has 0 radical (unpaired) electrons. The van der Waals surface area contributed by atoms with Crippen LogP contribution in [0.5, 0.6) is 0 Å². The zero-order chi connectivity index (χ0) is 16.9. The van der Waals surface area contributed by atoms with E-state index in [1.807, 2.05) is 67.6 Å². The molecular formula is C20H17BrN2O. The Kier molecular flexibility index (Phi) is 5.06. The molecule has 0 saturated carbocycles. The highest BCUT2D eigenvalue weighted by Crippen LogP contribution is 2.20. The van der Waals surface area contributed by atoms with Crippen LogP contribution >= 0.6 is 15.9 Å². The molecule has 24 heavy (non-hydrogen) atoms. The summed E-state index contributed by atoms with van der Waals surface area (Å²) in [5, 5.41) is 3.03. The molecule has 0 aliphatic heterocycles. The quantitative estimate of drug-likeness (QED) is 0.691. The van der Waals surface area contributed by atoms with Gasteiger partial charge in [0.15, 0.2) is 0 Å². The van der Waals surface area contributed by atoms with E-state index < -0.39 is 0 Å². The SMILES string of the molecule is CC(NC(=O)c1ccc(-c2ccncc2)cc1)c1ccc(Br)cc1. The van der Waals surface area contributed by atoms with E-state index in [4.69, 9.17) is 0 Å². The predicted molar refractivity (Wildman–Crippen MR) is 99.7 cm³/mol. The van der Waals surface area contributed by atoms with Gasteiger partial charge in [-0.25, -0.2) is 0 Å². The third-order valence-corrected chi connectivity index (χ3v) is 4.41. The molecule has 120 valence electrons. The summed E-state index contributed by atoms with van der Waals surface area (Å²) >= 11 is 3.42. The first-order valence-electron chi connectivity index (χ1n) is 7.70. The summed E-state index contributed by atoms with van der Waals surface area (Å²) < 4.78 is 1.02. The van der Waals surface area contributed by atoms with Gasteiger partial charge in [0.1, 0.15) is 0 Å². The second kappa shape index (κ2) is 7.41. The molecule has 3 aromatic rings. The van der Waals surface area contributed by atoms with Crippen molar-refractivity contribution < 1.29 is 4.79 Å². The Labute approximate surface area is 149 Å². The Hall–Kier alpha value is -2.46. The largest absolute Gasteiger partial charge is 0.346 e. The maximum atomic E-state index is 12.4. The topological polar surface area (TPSA) is 42.0 Å². The average molecular weight is 381 g/mol. The van der Waals surface area contributed by atoms with Crippen LogP contribution in [-0.2, 0) is 0 Å². The molecule has 0 bridgehead atoms. The van der Waals surface area contributed by atoms with E-state index in [2.05, 4.69) is 26.2 Å². The van der Waals surface area contributed by atoms with Gasteiger partial charge in [0.25, 0.3) is 5.91 Å². The fraction of sp³-hybridized carbons (Fsp3) is 0.100. The van der Waals surface area contributed by atoms with Gasteiger partial charge in [-0.15, -0.1) is 0 Å². The van der Waals surface area contributed by atoms with Crippen LogP contribution in [0.3, 0.4) is 0 Å². The standard InChI is InChI=1S/C20H17BrN2O/c1-14(15-6-8-19(21)9-7-15)23-20(24)18-4-2-16(3-5-18)17-10-12-22-13-11-17/h2-14H,1H3,(H,23,24). The number of hydrogen-bond acceptors (Lipinski definition) is 2. The van der Waals surface area contributed by atoms with Crippen LogP contribution in [-0.4, -0.2) is 10.9 Å². The van der Waals surface area contributed by atoms with E-state index >= 15 is 0 Å². The van der Waals surface area contributed by atoms with E-state index in [0.717, 1.165) is 21.2 Å². The fourth-order valence-electron chi connectivity index (χ4n) is 2.47. The van der Waals surface area contributed by atoms with Crippen molar-refractivity contribution in [3.05, 3.63) is 88.7 Å². The smallest absolute Gasteiger partial charge is 0.251 e. The molecule has 1 N–H and O–H groups in total. The zero-order valence-electron chi connectivity index (χ0n) is 13.2. The van der Waals surface area contributed by atoms with Gasteiger partial charge in [0.2, 0.25) is 0 Å². The van der Waals surface area contributed by atoms with E-state index in [1.165, 1.54) is 0 Å². The number of carbonyl (C=O) groups excluding carboxylic acids is 1. The van der Waals surface area contributed by atoms with Crippen LogP contribution in [0.15, 0.2) is 77.5 Å². The molecule has 2 aromatic carbocycles. The molecule has 3 nitrogen and oxygen atoms in total. The fourth-order valence-corrected chi connectivity index (χ4v) is 2.74. The average Bonchev–Trinajstić information content (AvgIpc) is 2.63. The lowest BCUT2D eigenvalue weighted by atomic mass is 10.0. The lowest BCUT2D eigenvalue weighted by Crippen LogP contribution is -2.26. The van der Waals surface area contributed by atoms with Crippen molar-refractivity contribution in [2.75, 3.05) is 0 Å². The third kappa shape index (κ3) is 3.89. The summed E-state index contributed by atoms with van der Waals surface area (Å²) in [5.41, 5.74) is 3.87. The molecule has 0 fully saturated rings. The lowest BCUT2D eigenvalue weighted by Gasteiger charge is -2.14. The summed E-state index contributed by atoms with van der Waals surface area (Å²) in [4.78, 5) is 16.4. The molecule has 0 aliphatic rings. The Balaban J connectivity index is 1.70. The van der Waals surface area contributed by atoms with Crippen LogP contribution in [0.25, 0.3) is 11.1 Å². The van der Waals surface area contributed by atoms with Gasteiger partial charge in [-0.2, -0.15) is 0 Å². The number of halogens is 1. The van der Waals surface area contributed by atoms with Crippen molar-refractivity contribution in [1.82, 2.24) is 10.3 Å². The lowest BCUT2D eigenvalue weighted by molar-refractivity contribution is 0.0940. The highest BCUT2D eigenvalue weighted by atomic mass is 79.9. The van der Waals surface area contributed by atoms with Crippen molar-refractivity contribution in [3.63, 3.8) is 0 Å². The zero-order valence-corrected chi connectivity index (χ0v) is 14.8. The van der Waals surface area contributed by atoms with Crippen molar-refractivity contribution in [3.8, 4) is 11.1 Å². The number of amides is 1. The monoisotopic (exact) mass is 380 g/mol. The maximum Gasteiger partial charge on any atom is 0.251 e. The van der Waals surface area contributed by atoms with Gasteiger partial charge in [0.05, 0.1) is 6.04 Å². The van der Waals surface area contributed by atoms with Gasteiger partial charge >= 0.3 is 0 Å². The van der Waals surface area contributed by atoms with Crippen molar-refractivity contribution in [1.29, 1.82) is 0 Å². The number of rotatable bonds is 4. The summed E-state index contributed by atoms with van der Waals surface area (Å²) in [6.07, 6.45) is 3.52. The third-order valence-electron chi connectivity index (χ3n) is 3.88. The van der Waals surface area contributed by atoms with Crippen molar-refractivity contribution in [2.24, 2.45) is 0 Å². The molecule has 0 spiro atoms. The summed E-state index contributed by atoms with van der Waals surface area (Å²) in [7, 11) is 0. The normalized spacial score (nSPS) is 11.8. The molecule has 0 aliphatic carbocycles. The minimum absolute atomic E-state index is 0.0505. The van der Waals surface area contributed by atoms with Gasteiger partial charge in [-0.1, -0.05) is 40.2 Å². The van der Waals surface area contributed by atoms with Crippen LogP contribution in [0.4, 0.5) is 0 Å². The van der Waals surface area contributed by atoms with E-state index in [9.17, 15) is 4.79 Å². The number of hydrogen-bond donors (Lipinski definition) is 1. The molecule has 0 saturated heterocycles. The van der Waals surface area contributed by atoms with Gasteiger partial charge in [-0.3, -0.25) is 9.78 Å². The number of benzene rings is 2. The summed E-state index contributed by atoms with van der Waals surface area (Å²) in [6, 6.07) is 19.4. The van der Waals surface area contributed by atoms with Gasteiger partial charge < -0.3 is 5.32 Å². The molecule has 1 aromatic heterocycles. The highest BCUT2D eigenvalue weighted by molar-refractivity contribution is 9.10. The summed E-state index contributed by atoms with van der Waals surface area (Å²) in [6.45, 7) is 1.98.